The van der Waals surface area contributed by atoms with E-state index in [1.54, 1.807) is 0 Å². The van der Waals surface area contributed by atoms with E-state index in [4.69, 9.17) is 0 Å². The van der Waals surface area contributed by atoms with Crippen LogP contribution in [0.1, 0.15) is 58.8 Å². The average molecular weight is 223 g/mol. The first-order valence-corrected chi connectivity index (χ1v) is 7.44. The summed E-state index contributed by atoms with van der Waals surface area (Å²) in [5, 5.41) is 3.73. The number of hydrogen-bond donors (Lipinski definition) is 1. The molecule has 0 radical (unpaired) electrons. The minimum absolute atomic E-state index is 0.982. The molecule has 0 heterocycles. The van der Waals surface area contributed by atoms with Gasteiger partial charge in [0.2, 0.25) is 0 Å². The first-order valence-electron chi connectivity index (χ1n) is 7.44. The standard InChI is InChI=1S/C15H29N/c1-12-3-6-14(7-4-12)10-16-11-15-8-5-13(2)9-15/h12-16H,3-11H2,1-2H3. The summed E-state index contributed by atoms with van der Waals surface area (Å²) in [6.45, 7) is 7.39. The van der Waals surface area contributed by atoms with Crippen LogP contribution in [0, 0.1) is 23.7 Å². The Morgan fingerprint density at radius 1 is 0.750 bits per heavy atom. The van der Waals surface area contributed by atoms with Crippen LogP contribution < -0.4 is 5.32 Å². The molecule has 1 heteroatoms. The lowest BCUT2D eigenvalue weighted by molar-refractivity contribution is 0.277. The fraction of sp³-hybridized carbons (Fsp3) is 1.00. The molecule has 1 nitrogen and oxygen atoms in total. The Balaban J connectivity index is 1.54. The van der Waals surface area contributed by atoms with Crippen LogP contribution in [-0.2, 0) is 0 Å². The van der Waals surface area contributed by atoms with Gasteiger partial charge in [0, 0.05) is 0 Å². The van der Waals surface area contributed by atoms with Gasteiger partial charge in [0.25, 0.3) is 0 Å². The normalized spacial score (nSPS) is 40.1. The van der Waals surface area contributed by atoms with E-state index in [0.29, 0.717) is 0 Å². The third-order valence-corrected chi connectivity index (χ3v) is 4.80. The van der Waals surface area contributed by atoms with Crippen LogP contribution in [0.15, 0.2) is 0 Å². The number of nitrogens with one attached hydrogen (secondary N) is 1. The first-order chi connectivity index (χ1) is 7.74. The molecule has 0 spiro atoms. The first kappa shape index (κ1) is 12.4. The van der Waals surface area contributed by atoms with E-state index in [1.807, 2.05) is 0 Å². The largest absolute Gasteiger partial charge is 0.316 e. The molecule has 94 valence electrons. The second-order valence-electron chi connectivity index (χ2n) is 6.57. The Morgan fingerprint density at radius 3 is 1.94 bits per heavy atom. The van der Waals surface area contributed by atoms with Gasteiger partial charge in [-0.25, -0.2) is 0 Å². The minimum Gasteiger partial charge on any atom is -0.316 e. The van der Waals surface area contributed by atoms with Crippen LogP contribution in [0.4, 0.5) is 0 Å². The minimum atomic E-state index is 0.982. The molecular formula is C15H29N. The summed E-state index contributed by atoms with van der Waals surface area (Å²) >= 11 is 0. The predicted octanol–water partition coefficient (Wildman–Crippen LogP) is 3.84. The van der Waals surface area contributed by atoms with Gasteiger partial charge in [-0.2, -0.15) is 0 Å². The molecular weight excluding hydrogens is 194 g/mol. The van der Waals surface area contributed by atoms with Crippen molar-refractivity contribution < 1.29 is 0 Å². The SMILES string of the molecule is CC1CCC(CNCC2CCC(C)C2)CC1. The number of rotatable bonds is 4. The van der Waals surface area contributed by atoms with Gasteiger partial charge in [0.05, 0.1) is 0 Å². The summed E-state index contributed by atoms with van der Waals surface area (Å²) < 4.78 is 0. The Bertz CT molecular complexity index is 194. The van der Waals surface area contributed by atoms with Gasteiger partial charge in [-0.3, -0.25) is 0 Å². The molecule has 0 amide bonds. The summed E-state index contributed by atoms with van der Waals surface area (Å²) in [5.74, 6) is 3.95. The molecule has 2 aliphatic carbocycles. The molecule has 0 aromatic heterocycles. The molecule has 2 fully saturated rings. The molecule has 0 bridgehead atoms. The highest BCUT2D eigenvalue weighted by atomic mass is 14.9. The van der Waals surface area contributed by atoms with Gasteiger partial charge in [-0.1, -0.05) is 33.1 Å². The van der Waals surface area contributed by atoms with E-state index in [-0.39, 0.29) is 0 Å². The van der Waals surface area contributed by atoms with Crippen molar-refractivity contribution in [1.82, 2.24) is 5.32 Å². The lowest BCUT2D eigenvalue weighted by Gasteiger charge is -2.26. The van der Waals surface area contributed by atoms with Gasteiger partial charge in [0.15, 0.2) is 0 Å². The fourth-order valence-electron chi connectivity index (χ4n) is 3.54. The highest BCUT2D eigenvalue weighted by Gasteiger charge is 2.22. The molecule has 16 heavy (non-hydrogen) atoms. The third-order valence-electron chi connectivity index (χ3n) is 4.80. The zero-order valence-corrected chi connectivity index (χ0v) is 11.2. The second kappa shape index (κ2) is 6.05. The maximum absolute atomic E-state index is 3.73. The molecule has 2 atom stereocenters. The maximum atomic E-state index is 3.73. The van der Waals surface area contributed by atoms with Crippen LogP contribution in [0.2, 0.25) is 0 Å². The van der Waals surface area contributed by atoms with E-state index < -0.39 is 0 Å². The molecule has 2 saturated carbocycles. The van der Waals surface area contributed by atoms with Crippen molar-refractivity contribution in [1.29, 1.82) is 0 Å². The van der Waals surface area contributed by atoms with Crippen molar-refractivity contribution in [3.8, 4) is 0 Å². The lowest BCUT2D eigenvalue weighted by atomic mass is 9.83. The molecule has 2 aliphatic rings. The molecule has 2 unspecified atom stereocenters. The average Bonchev–Trinajstić information content (AvgIpc) is 2.67. The van der Waals surface area contributed by atoms with Gasteiger partial charge < -0.3 is 5.32 Å². The Hall–Kier alpha value is -0.0400. The smallest absolute Gasteiger partial charge is 0.00203 e. The van der Waals surface area contributed by atoms with Gasteiger partial charge >= 0.3 is 0 Å². The van der Waals surface area contributed by atoms with E-state index >= 15 is 0 Å². The quantitative estimate of drug-likeness (QED) is 0.763. The van der Waals surface area contributed by atoms with E-state index in [0.717, 1.165) is 23.7 Å². The molecule has 0 saturated heterocycles. The fourth-order valence-corrected chi connectivity index (χ4v) is 3.54. The molecule has 1 N–H and O–H groups in total. The third kappa shape index (κ3) is 3.76. The monoisotopic (exact) mass is 223 g/mol. The zero-order valence-electron chi connectivity index (χ0n) is 11.2. The van der Waals surface area contributed by atoms with Gasteiger partial charge in [0.1, 0.15) is 0 Å². The van der Waals surface area contributed by atoms with Crippen molar-refractivity contribution >= 4 is 0 Å². The van der Waals surface area contributed by atoms with E-state index in [2.05, 4.69) is 19.2 Å². The molecule has 0 aliphatic heterocycles. The topological polar surface area (TPSA) is 12.0 Å². The highest BCUT2D eigenvalue weighted by molar-refractivity contribution is 4.76. The van der Waals surface area contributed by atoms with Crippen molar-refractivity contribution in [2.45, 2.75) is 58.8 Å². The van der Waals surface area contributed by atoms with Crippen LogP contribution >= 0.6 is 0 Å². The summed E-state index contributed by atoms with van der Waals surface area (Å²) in [6.07, 6.45) is 10.3. The zero-order chi connectivity index (χ0) is 11.4. The Morgan fingerprint density at radius 2 is 1.31 bits per heavy atom. The Kier molecular flexibility index (Phi) is 4.69. The van der Waals surface area contributed by atoms with Crippen LogP contribution in [0.5, 0.6) is 0 Å². The van der Waals surface area contributed by atoms with Crippen LogP contribution in [-0.4, -0.2) is 13.1 Å². The van der Waals surface area contributed by atoms with Crippen molar-refractivity contribution in [3.63, 3.8) is 0 Å². The van der Waals surface area contributed by atoms with Gasteiger partial charge in [-0.15, -0.1) is 0 Å². The van der Waals surface area contributed by atoms with Crippen molar-refractivity contribution in [3.05, 3.63) is 0 Å². The predicted molar refractivity (Wildman–Crippen MR) is 70.5 cm³/mol. The molecule has 0 aromatic carbocycles. The summed E-state index contributed by atoms with van der Waals surface area (Å²) in [4.78, 5) is 0. The van der Waals surface area contributed by atoms with Crippen LogP contribution in [0.3, 0.4) is 0 Å². The van der Waals surface area contributed by atoms with E-state index in [1.165, 1.54) is 58.0 Å². The summed E-state index contributed by atoms with van der Waals surface area (Å²) in [6, 6.07) is 0. The highest BCUT2D eigenvalue weighted by Crippen LogP contribution is 2.30. The Labute approximate surface area is 101 Å². The second-order valence-corrected chi connectivity index (χ2v) is 6.57. The van der Waals surface area contributed by atoms with Crippen LogP contribution in [0.25, 0.3) is 0 Å². The lowest BCUT2D eigenvalue weighted by Crippen LogP contribution is -2.29. The maximum Gasteiger partial charge on any atom is -0.00203 e. The molecule has 0 aromatic rings. The van der Waals surface area contributed by atoms with Crippen molar-refractivity contribution in [2.24, 2.45) is 23.7 Å². The van der Waals surface area contributed by atoms with Gasteiger partial charge in [-0.05, 0) is 62.4 Å². The summed E-state index contributed by atoms with van der Waals surface area (Å²) in [7, 11) is 0. The van der Waals surface area contributed by atoms with E-state index in [9.17, 15) is 0 Å². The molecule has 2 rings (SSSR count). The summed E-state index contributed by atoms with van der Waals surface area (Å²) in [5.41, 5.74) is 0. The number of hydrogen-bond acceptors (Lipinski definition) is 1. The van der Waals surface area contributed by atoms with Crippen molar-refractivity contribution in [2.75, 3.05) is 13.1 Å².